The minimum Gasteiger partial charge on any atom is -0.478 e. The highest BCUT2D eigenvalue weighted by Crippen LogP contribution is 2.37. The van der Waals surface area contributed by atoms with Crippen molar-refractivity contribution in [2.75, 3.05) is 39.0 Å². The van der Waals surface area contributed by atoms with E-state index >= 15 is 0 Å². The molecule has 0 saturated carbocycles. The number of benzene rings is 1. The second-order valence-corrected chi connectivity index (χ2v) is 12.8. The number of hydrogen-bond acceptors (Lipinski definition) is 6. The number of nitrogens with one attached hydrogen (secondary N) is 1. The van der Waals surface area contributed by atoms with Crippen LogP contribution in [0, 0.1) is 23.2 Å². The first-order valence-corrected chi connectivity index (χ1v) is 15.0. The van der Waals surface area contributed by atoms with E-state index in [-0.39, 0.29) is 59.8 Å². The molecule has 3 saturated heterocycles. The van der Waals surface area contributed by atoms with Crippen LogP contribution >= 0.6 is 12.4 Å². The highest BCUT2D eigenvalue weighted by molar-refractivity contribution is 7.88. The maximum Gasteiger partial charge on any atom is 0.335 e. The van der Waals surface area contributed by atoms with E-state index in [0.29, 0.717) is 70.4 Å². The Morgan fingerprint density at radius 1 is 1.00 bits per heavy atom. The summed E-state index contributed by atoms with van der Waals surface area (Å²) in [5.74, 6) is -1.03. The van der Waals surface area contributed by atoms with Gasteiger partial charge in [0.2, 0.25) is 15.9 Å². The quantitative estimate of drug-likeness (QED) is 0.320. The number of carboxylic acids is 1. The third-order valence-electron chi connectivity index (χ3n) is 8.39. The number of amides is 1. The van der Waals surface area contributed by atoms with Crippen LogP contribution in [0.15, 0.2) is 24.3 Å². The maximum absolute atomic E-state index is 13.7. The molecule has 1 aromatic rings. The van der Waals surface area contributed by atoms with Crippen molar-refractivity contribution in [1.82, 2.24) is 14.1 Å². The van der Waals surface area contributed by atoms with Crippen molar-refractivity contribution in [3.05, 3.63) is 35.4 Å². The third-order valence-corrected chi connectivity index (χ3v) is 9.69. The molecule has 3 fully saturated rings. The molecule has 39 heavy (non-hydrogen) atoms. The second-order valence-electron chi connectivity index (χ2n) is 10.8. The van der Waals surface area contributed by atoms with Gasteiger partial charge in [-0.2, -0.15) is 0 Å². The Balaban J connectivity index is 0.00000420. The summed E-state index contributed by atoms with van der Waals surface area (Å²) in [7, 11) is -3.24. The van der Waals surface area contributed by atoms with Gasteiger partial charge in [0.25, 0.3) is 0 Å². The lowest BCUT2D eigenvalue weighted by atomic mass is 9.83. The van der Waals surface area contributed by atoms with Gasteiger partial charge in [-0.15, -0.1) is 12.4 Å². The van der Waals surface area contributed by atoms with Crippen LogP contribution in [0.4, 0.5) is 0 Å². The lowest BCUT2D eigenvalue weighted by molar-refractivity contribution is -0.141. The molecule has 3 aliphatic heterocycles. The predicted octanol–water partition coefficient (Wildman–Crippen LogP) is 1.41. The van der Waals surface area contributed by atoms with Crippen LogP contribution in [0.1, 0.15) is 48.0 Å². The van der Waals surface area contributed by atoms with Gasteiger partial charge in [-0.3, -0.25) is 15.0 Å². The summed E-state index contributed by atoms with van der Waals surface area (Å²) in [5.41, 5.74) is 6.46. The fourth-order valence-electron chi connectivity index (χ4n) is 6.12. The van der Waals surface area contributed by atoms with Crippen LogP contribution in [-0.4, -0.2) is 96.3 Å². The van der Waals surface area contributed by atoms with E-state index in [1.54, 1.807) is 21.9 Å². The topological polar surface area (TPSA) is 165 Å². The van der Waals surface area contributed by atoms with Gasteiger partial charge in [-0.25, -0.2) is 17.5 Å². The smallest absolute Gasteiger partial charge is 0.335 e. The first-order valence-electron chi connectivity index (χ1n) is 13.1. The standard InChI is InChI=1S/C26H37N5O6S.ClH/c1-38(36,37)30-12-8-18(9-13-30)21-15-22(23(32)14-17-2-4-20(5-3-17)25(34)35)31(16-21)24(33)19-6-10-29(11-7-19)26(27)28;/h2-5,18-19,21-22H,6-16H2,1H3,(H3,27,28)(H,34,35);1H/t21-,22-;/m0./s1. The minimum atomic E-state index is -3.24. The van der Waals surface area contributed by atoms with Crippen LogP contribution < -0.4 is 5.73 Å². The molecule has 0 radical (unpaired) electrons. The van der Waals surface area contributed by atoms with E-state index < -0.39 is 22.0 Å². The summed E-state index contributed by atoms with van der Waals surface area (Å²) in [6, 6.07) is 5.66. The van der Waals surface area contributed by atoms with E-state index in [0.717, 1.165) is 0 Å². The van der Waals surface area contributed by atoms with Crippen molar-refractivity contribution in [2.24, 2.45) is 23.5 Å². The van der Waals surface area contributed by atoms with Gasteiger partial charge in [0, 0.05) is 45.1 Å². The fraction of sp³-hybridized carbons (Fsp3) is 0.615. The molecule has 1 amide bonds. The number of ketones is 1. The number of piperidine rings is 2. The summed E-state index contributed by atoms with van der Waals surface area (Å²) in [4.78, 5) is 41.9. The number of aromatic carboxylic acids is 1. The maximum atomic E-state index is 13.7. The van der Waals surface area contributed by atoms with Gasteiger partial charge in [-0.1, -0.05) is 12.1 Å². The van der Waals surface area contributed by atoms with Gasteiger partial charge >= 0.3 is 5.97 Å². The molecule has 4 N–H and O–H groups in total. The average molecular weight is 584 g/mol. The predicted molar refractivity (Wildman–Crippen MR) is 148 cm³/mol. The largest absolute Gasteiger partial charge is 0.478 e. The van der Waals surface area contributed by atoms with Crippen LogP contribution in [0.25, 0.3) is 0 Å². The summed E-state index contributed by atoms with van der Waals surface area (Å²) in [6.45, 7) is 2.44. The zero-order valence-corrected chi connectivity index (χ0v) is 23.8. The molecular formula is C26H38ClN5O6S. The first-order chi connectivity index (χ1) is 17.9. The summed E-state index contributed by atoms with van der Waals surface area (Å²) < 4.78 is 25.4. The zero-order valence-electron chi connectivity index (χ0n) is 22.1. The molecule has 4 rings (SSSR count). The van der Waals surface area contributed by atoms with Crippen LogP contribution in [0.3, 0.4) is 0 Å². The van der Waals surface area contributed by atoms with Crippen molar-refractivity contribution >= 4 is 46.0 Å². The number of likely N-dealkylation sites (tertiary alicyclic amines) is 2. The van der Waals surface area contributed by atoms with Gasteiger partial charge < -0.3 is 20.6 Å². The lowest BCUT2D eigenvalue weighted by Gasteiger charge is -2.35. The van der Waals surface area contributed by atoms with Crippen LogP contribution in [-0.2, 0) is 26.0 Å². The minimum absolute atomic E-state index is 0. The Morgan fingerprint density at radius 2 is 1.59 bits per heavy atom. The number of rotatable bonds is 7. The van der Waals surface area contributed by atoms with Crippen LogP contribution in [0.2, 0.25) is 0 Å². The molecule has 2 atom stereocenters. The Kier molecular flexibility index (Phi) is 10.0. The molecule has 216 valence electrons. The van der Waals surface area contributed by atoms with E-state index in [9.17, 15) is 22.8 Å². The fourth-order valence-corrected chi connectivity index (χ4v) is 7.00. The normalized spacial score (nSPS) is 23.3. The molecule has 0 aliphatic carbocycles. The van der Waals surface area contributed by atoms with Crippen molar-refractivity contribution in [2.45, 2.75) is 44.6 Å². The summed E-state index contributed by atoms with van der Waals surface area (Å²) in [6.07, 6.45) is 4.43. The number of carboxylic acid groups (broad SMARTS) is 1. The number of halogens is 1. The van der Waals surface area contributed by atoms with Crippen molar-refractivity contribution in [3.8, 4) is 0 Å². The monoisotopic (exact) mass is 583 g/mol. The highest BCUT2D eigenvalue weighted by Gasteiger charge is 2.44. The van der Waals surface area contributed by atoms with E-state index in [1.807, 2.05) is 0 Å². The molecule has 0 bridgehead atoms. The Hall–Kier alpha value is -2.70. The van der Waals surface area contributed by atoms with E-state index in [1.165, 1.54) is 22.7 Å². The lowest BCUT2D eigenvalue weighted by Crippen LogP contribution is -2.49. The molecular weight excluding hydrogens is 546 g/mol. The zero-order chi connectivity index (χ0) is 27.6. The number of carbonyl (C=O) groups excluding carboxylic acids is 2. The van der Waals surface area contributed by atoms with Crippen molar-refractivity contribution in [3.63, 3.8) is 0 Å². The number of nitrogens with two attached hydrogens (primary N) is 1. The number of Topliss-reactive ketones (excluding diaryl/α,β-unsaturated/α-hetero) is 1. The third kappa shape index (κ3) is 7.29. The van der Waals surface area contributed by atoms with Crippen molar-refractivity contribution < 1.29 is 27.9 Å². The second kappa shape index (κ2) is 12.6. The number of nitrogens with zero attached hydrogens (tertiary/aromatic N) is 3. The molecule has 11 nitrogen and oxygen atoms in total. The molecule has 13 heteroatoms. The number of hydrogen-bond donors (Lipinski definition) is 3. The summed E-state index contributed by atoms with van der Waals surface area (Å²) in [5, 5.41) is 16.8. The Bertz CT molecular complexity index is 1180. The number of sulfonamides is 1. The van der Waals surface area contributed by atoms with E-state index in [4.69, 9.17) is 16.2 Å². The molecule has 0 aromatic heterocycles. The van der Waals surface area contributed by atoms with Crippen molar-refractivity contribution in [1.29, 1.82) is 5.41 Å². The highest BCUT2D eigenvalue weighted by atomic mass is 35.5. The average Bonchev–Trinajstić information content (AvgIpc) is 3.34. The number of carbonyl (C=O) groups is 3. The Labute approximate surface area is 235 Å². The van der Waals surface area contributed by atoms with E-state index in [2.05, 4.69) is 0 Å². The SMILES string of the molecule is CS(=O)(=O)N1CCC([C@H]2C[C@@H](C(=O)Cc3ccc(C(=O)O)cc3)N(C(=O)C3CCN(C(=N)N)CC3)C2)CC1.Cl. The van der Waals surface area contributed by atoms with Gasteiger partial charge in [0.1, 0.15) is 0 Å². The van der Waals surface area contributed by atoms with Gasteiger partial charge in [0.15, 0.2) is 11.7 Å². The first kappa shape index (κ1) is 30.8. The van der Waals surface area contributed by atoms with Gasteiger partial charge in [0.05, 0.1) is 17.9 Å². The van der Waals surface area contributed by atoms with Gasteiger partial charge in [-0.05, 0) is 61.6 Å². The number of guanidine groups is 1. The molecule has 0 unspecified atom stereocenters. The molecule has 3 heterocycles. The molecule has 1 aromatic carbocycles. The molecule has 3 aliphatic rings. The van der Waals surface area contributed by atoms with Crippen LogP contribution in [0.5, 0.6) is 0 Å². The summed E-state index contributed by atoms with van der Waals surface area (Å²) >= 11 is 0. The molecule has 0 spiro atoms. The Morgan fingerprint density at radius 3 is 2.10 bits per heavy atom.